The zero-order chi connectivity index (χ0) is 18.8. The zero-order valence-corrected chi connectivity index (χ0v) is 17.6. The second-order valence-electron chi connectivity index (χ2n) is 9.46. The van der Waals surface area contributed by atoms with E-state index in [1.807, 2.05) is 6.08 Å². The molecule has 0 fully saturated rings. The summed E-state index contributed by atoms with van der Waals surface area (Å²) in [5, 5.41) is 9.58. The van der Waals surface area contributed by atoms with Crippen molar-refractivity contribution in [3.05, 3.63) is 23.9 Å². The van der Waals surface area contributed by atoms with Crippen LogP contribution in [0.5, 0.6) is 0 Å². The molecule has 0 aromatic carbocycles. The molecule has 24 heavy (non-hydrogen) atoms. The average molecular weight is 354 g/mol. The van der Waals surface area contributed by atoms with Gasteiger partial charge < -0.3 is 9.53 Å². The Morgan fingerprint density at radius 2 is 1.83 bits per heavy atom. The molecule has 1 atom stereocenters. The van der Waals surface area contributed by atoms with Gasteiger partial charge in [0.25, 0.3) is 0 Å². The molecule has 0 spiro atoms. The number of rotatable bonds is 5. The fourth-order valence-corrected chi connectivity index (χ4v) is 3.22. The minimum absolute atomic E-state index is 0.107. The van der Waals surface area contributed by atoms with Crippen molar-refractivity contribution in [3.8, 4) is 0 Å². The molecule has 1 aliphatic rings. The largest absolute Gasteiger partial charge is 0.465 e. The fraction of sp³-hybridized carbons (Fsp3) is 0.737. The minimum atomic E-state index is -1.80. The third-order valence-electron chi connectivity index (χ3n) is 5.03. The van der Waals surface area contributed by atoms with Crippen molar-refractivity contribution in [2.45, 2.75) is 78.6 Å². The molecule has 4 nitrogen and oxygen atoms in total. The van der Waals surface area contributed by atoms with Gasteiger partial charge in [0.05, 0.1) is 12.6 Å². The van der Waals surface area contributed by atoms with Gasteiger partial charge in [-0.15, -0.1) is 0 Å². The second kappa shape index (κ2) is 7.44. The molecule has 0 bridgehead atoms. The van der Waals surface area contributed by atoms with Crippen molar-refractivity contribution < 1.29 is 14.3 Å². The molecule has 0 saturated heterocycles. The predicted octanol–water partition coefficient (Wildman–Crippen LogP) is 5.64. The molecule has 1 aliphatic heterocycles. The van der Waals surface area contributed by atoms with E-state index in [-0.39, 0.29) is 16.5 Å². The Morgan fingerprint density at radius 3 is 2.29 bits per heavy atom. The van der Waals surface area contributed by atoms with E-state index in [2.05, 4.69) is 60.7 Å². The van der Waals surface area contributed by atoms with Crippen LogP contribution in [0.25, 0.3) is 0 Å². The average Bonchev–Trinajstić information content (AvgIpc) is 2.40. The molecular weight excluding hydrogens is 318 g/mol. The molecule has 0 aliphatic carbocycles. The highest BCUT2D eigenvalue weighted by Gasteiger charge is 2.37. The van der Waals surface area contributed by atoms with E-state index in [9.17, 15) is 9.90 Å². The Morgan fingerprint density at radius 1 is 1.25 bits per heavy atom. The summed E-state index contributed by atoms with van der Waals surface area (Å²) in [6.45, 7) is 18.3. The Balaban J connectivity index is 2.81. The molecule has 0 aromatic heterocycles. The first kappa shape index (κ1) is 21.0. The lowest BCUT2D eigenvalue weighted by atomic mass is 9.87. The molecule has 0 saturated carbocycles. The van der Waals surface area contributed by atoms with Crippen LogP contribution < -0.4 is 0 Å². The highest BCUT2D eigenvalue weighted by molar-refractivity contribution is 6.74. The Hall–Kier alpha value is -1.07. The van der Waals surface area contributed by atoms with Crippen molar-refractivity contribution in [1.82, 2.24) is 4.90 Å². The molecule has 1 unspecified atom stereocenters. The van der Waals surface area contributed by atoms with Crippen LogP contribution in [0.3, 0.4) is 0 Å². The normalized spacial score (nSPS) is 19.4. The van der Waals surface area contributed by atoms with Gasteiger partial charge in [0, 0.05) is 6.20 Å². The summed E-state index contributed by atoms with van der Waals surface area (Å²) in [6, 6.07) is -0.107. The van der Waals surface area contributed by atoms with Crippen LogP contribution in [0.2, 0.25) is 18.1 Å². The Kier molecular flexibility index (Phi) is 6.50. The van der Waals surface area contributed by atoms with Crippen LogP contribution in [0.15, 0.2) is 23.9 Å². The van der Waals surface area contributed by atoms with E-state index >= 15 is 0 Å². The summed E-state index contributed by atoms with van der Waals surface area (Å²) in [6.07, 6.45) is 6.51. The summed E-state index contributed by atoms with van der Waals surface area (Å²) in [5.74, 6) is 0. The van der Waals surface area contributed by atoms with Gasteiger partial charge >= 0.3 is 6.09 Å². The molecule has 0 aromatic rings. The summed E-state index contributed by atoms with van der Waals surface area (Å²) in [5.41, 5.74) is 1.27. The SMILES string of the molecule is CC(C)(C)CCC1C=C(CO[Si](C)(C)C(C)(C)C)C=CN1C(=O)O. The van der Waals surface area contributed by atoms with E-state index in [1.54, 1.807) is 6.20 Å². The van der Waals surface area contributed by atoms with E-state index in [4.69, 9.17) is 4.43 Å². The number of carboxylic acid groups (broad SMARTS) is 1. The summed E-state index contributed by atoms with van der Waals surface area (Å²) < 4.78 is 6.28. The van der Waals surface area contributed by atoms with Gasteiger partial charge in [-0.3, -0.25) is 4.90 Å². The van der Waals surface area contributed by atoms with Crippen LogP contribution in [0, 0.1) is 5.41 Å². The third kappa shape index (κ3) is 6.09. The topological polar surface area (TPSA) is 49.8 Å². The lowest BCUT2D eigenvalue weighted by Crippen LogP contribution is -2.41. The monoisotopic (exact) mass is 353 g/mol. The number of nitrogens with zero attached hydrogens (tertiary/aromatic N) is 1. The van der Waals surface area contributed by atoms with Gasteiger partial charge in [0.1, 0.15) is 0 Å². The van der Waals surface area contributed by atoms with Gasteiger partial charge in [-0.05, 0) is 48.0 Å². The van der Waals surface area contributed by atoms with Crippen molar-refractivity contribution >= 4 is 14.4 Å². The molecule has 0 radical (unpaired) electrons. The number of hydrogen-bond donors (Lipinski definition) is 1. The highest BCUT2D eigenvalue weighted by atomic mass is 28.4. The maximum atomic E-state index is 11.5. The first-order valence-electron chi connectivity index (χ1n) is 8.77. The third-order valence-corrected chi connectivity index (χ3v) is 9.51. The van der Waals surface area contributed by atoms with Gasteiger partial charge in [0.15, 0.2) is 8.32 Å². The smallest absolute Gasteiger partial charge is 0.411 e. The van der Waals surface area contributed by atoms with Gasteiger partial charge in [-0.25, -0.2) is 4.79 Å². The van der Waals surface area contributed by atoms with Crippen molar-refractivity contribution in [2.24, 2.45) is 5.41 Å². The quantitative estimate of drug-likeness (QED) is 0.651. The molecule has 1 amide bonds. The maximum Gasteiger partial charge on any atom is 0.411 e. The molecule has 5 heteroatoms. The summed E-state index contributed by atoms with van der Waals surface area (Å²) in [4.78, 5) is 12.9. The molecular formula is C19H35NO3Si. The van der Waals surface area contributed by atoms with Crippen LogP contribution in [-0.2, 0) is 4.43 Å². The number of hydrogen-bond acceptors (Lipinski definition) is 2. The van der Waals surface area contributed by atoms with E-state index in [1.165, 1.54) is 4.90 Å². The standard InChI is InChI=1S/C19H35NO3Si/c1-18(2,3)11-9-16-13-15(10-12-20(16)17(21)22)14-23-24(7,8)19(4,5)6/h10,12-13,16H,9,11,14H2,1-8H3,(H,21,22). The first-order chi connectivity index (χ1) is 10.7. The zero-order valence-electron chi connectivity index (χ0n) is 16.6. The van der Waals surface area contributed by atoms with Crippen LogP contribution in [-0.4, -0.2) is 37.1 Å². The lowest BCUT2D eigenvalue weighted by molar-refractivity contribution is 0.149. The van der Waals surface area contributed by atoms with E-state index in [0.29, 0.717) is 6.61 Å². The van der Waals surface area contributed by atoms with Crippen molar-refractivity contribution in [2.75, 3.05) is 6.61 Å². The highest BCUT2D eigenvalue weighted by Crippen LogP contribution is 2.37. The van der Waals surface area contributed by atoms with E-state index in [0.717, 1.165) is 18.4 Å². The van der Waals surface area contributed by atoms with Gasteiger partial charge in [-0.1, -0.05) is 47.6 Å². The Labute approximate surface area is 148 Å². The number of carbonyl (C=O) groups is 1. The van der Waals surface area contributed by atoms with Crippen molar-refractivity contribution in [3.63, 3.8) is 0 Å². The van der Waals surface area contributed by atoms with E-state index < -0.39 is 14.4 Å². The fourth-order valence-electron chi connectivity index (χ4n) is 2.25. The summed E-state index contributed by atoms with van der Waals surface area (Å²) in [7, 11) is -1.80. The molecule has 1 rings (SSSR count). The lowest BCUT2D eigenvalue weighted by Gasteiger charge is -2.37. The summed E-state index contributed by atoms with van der Waals surface area (Å²) >= 11 is 0. The predicted molar refractivity (Wildman–Crippen MR) is 103 cm³/mol. The van der Waals surface area contributed by atoms with Gasteiger partial charge in [-0.2, -0.15) is 0 Å². The Bertz CT molecular complexity index is 510. The van der Waals surface area contributed by atoms with Crippen LogP contribution in [0.1, 0.15) is 54.4 Å². The van der Waals surface area contributed by atoms with Crippen LogP contribution in [0.4, 0.5) is 4.79 Å². The van der Waals surface area contributed by atoms with Crippen molar-refractivity contribution in [1.29, 1.82) is 0 Å². The second-order valence-corrected chi connectivity index (χ2v) is 14.3. The maximum absolute atomic E-state index is 11.5. The van der Waals surface area contributed by atoms with Gasteiger partial charge in [0.2, 0.25) is 0 Å². The molecule has 1 heterocycles. The first-order valence-corrected chi connectivity index (χ1v) is 11.7. The van der Waals surface area contributed by atoms with Crippen LogP contribution >= 0.6 is 0 Å². The molecule has 1 N–H and O–H groups in total. The minimum Gasteiger partial charge on any atom is -0.465 e. The molecule has 138 valence electrons. The number of amides is 1.